The Balaban J connectivity index is 2.24. The maximum absolute atomic E-state index is 12.3. The molecule has 176 valence electrons. The van der Waals surface area contributed by atoms with E-state index in [1.807, 2.05) is 49.4 Å². The van der Waals surface area contributed by atoms with Gasteiger partial charge < -0.3 is 10.2 Å². The first-order chi connectivity index (χ1) is 17.0. The van der Waals surface area contributed by atoms with E-state index in [9.17, 15) is 19.8 Å². The van der Waals surface area contributed by atoms with Crippen LogP contribution in [0.25, 0.3) is 33.4 Å². The smallest absolute Gasteiger partial charge is 0.336 e. The van der Waals surface area contributed by atoms with Crippen LogP contribution >= 0.6 is 0 Å². The summed E-state index contributed by atoms with van der Waals surface area (Å²) in [5.41, 5.74) is 7.31. The third kappa shape index (κ3) is 4.60. The summed E-state index contributed by atoms with van der Waals surface area (Å²) < 4.78 is 0. The third-order valence-electron chi connectivity index (χ3n) is 6.34. The van der Waals surface area contributed by atoms with Crippen LogP contribution in [0, 0.1) is 0 Å². The standard InChI is InChI=1S/C31H28O4/c1-3-12-22-27(21-13-6-5-7-14-21)19-20(4-2)28(23-15-8-10-17-25(23)30(32)33)29(22)24-16-9-11-18-26(24)31(34)35/h5-11,13-19H,3-4,12H2,1-2H3,(H,32,33)(H,34,35). The highest BCUT2D eigenvalue weighted by atomic mass is 16.4. The summed E-state index contributed by atoms with van der Waals surface area (Å²) in [6, 6.07) is 26.2. The van der Waals surface area contributed by atoms with Crippen molar-refractivity contribution < 1.29 is 19.8 Å². The fourth-order valence-corrected chi connectivity index (χ4v) is 4.82. The molecule has 0 heterocycles. The summed E-state index contributed by atoms with van der Waals surface area (Å²) in [6.45, 7) is 4.14. The molecule has 2 N–H and O–H groups in total. The molecular formula is C31H28O4. The van der Waals surface area contributed by atoms with E-state index < -0.39 is 11.9 Å². The van der Waals surface area contributed by atoms with Gasteiger partial charge in [-0.3, -0.25) is 0 Å². The lowest BCUT2D eigenvalue weighted by Gasteiger charge is -2.25. The minimum absolute atomic E-state index is 0.200. The topological polar surface area (TPSA) is 74.6 Å². The van der Waals surface area contributed by atoms with Gasteiger partial charge in [-0.25, -0.2) is 9.59 Å². The molecular weight excluding hydrogens is 436 g/mol. The Morgan fingerprint density at radius 3 is 1.69 bits per heavy atom. The Kier molecular flexibility index (Phi) is 7.11. The van der Waals surface area contributed by atoms with Crippen molar-refractivity contribution in [1.82, 2.24) is 0 Å². The summed E-state index contributed by atoms with van der Waals surface area (Å²) in [6.07, 6.45) is 2.24. The van der Waals surface area contributed by atoms with Gasteiger partial charge >= 0.3 is 11.9 Å². The average molecular weight is 465 g/mol. The normalized spacial score (nSPS) is 10.8. The second-order valence-electron chi connectivity index (χ2n) is 8.48. The zero-order chi connectivity index (χ0) is 24.9. The molecule has 4 aromatic rings. The maximum Gasteiger partial charge on any atom is 0.336 e. The Morgan fingerprint density at radius 2 is 1.17 bits per heavy atom. The van der Waals surface area contributed by atoms with Gasteiger partial charge in [-0.2, -0.15) is 0 Å². The predicted molar refractivity (Wildman–Crippen MR) is 140 cm³/mol. The molecule has 4 rings (SSSR count). The van der Waals surface area contributed by atoms with Gasteiger partial charge in [0.05, 0.1) is 11.1 Å². The van der Waals surface area contributed by atoms with E-state index >= 15 is 0 Å². The number of carboxylic acids is 2. The third-order valence-corrected chi connectivity index (χ3v) is 6.34. The van der Waals surface area contributed by atoms with E-state index in [1.54, 1.807) is 24.3 Å². The molecule has 0 aliphatic rings. The van der Waals surface area contributed by atoms with Crippen LogP contribution < -0.4 is 0 Å². The van der Waals surface area contributed by atoms with Crippen molar-refractivity contribution in [3.8, 4) is 33.4 Å². The van der Waals surface area contributed by atoms with Crippen molar-refractivity contribution in [3.63, 3.8) is 0 Å². The summed E-state index contributed by atoms with van der Waals surface area (Å²) in [5.74, 6) is -2.02. The van der Waals surface area contributed by atoms with Gasteiger partial charge in [-0.15, -0.1) is 0 Å². The number of aromatic carboxylic acids is 2. The molecule has 4 nitrogen and oxygen atoms in total. The number of carbonyl (C=O) groups is 2. The van der Waals surface area contributed by atoms with Gasteiger partial charge in [0.25, 0.3) is 0 Å². The van der Waals surface area contributed by atoms with Crippen LogP contribution in [0.1, 0.15) is 52.1 Å². The van der Waals surface area contributed by atoms with Crippen molar-refractivity contribution in [3.05, 3.63) is 107 Å². The van der Waals surface area contributed by atoms with Crippen LogP contribution in [0.5, 0.6) is 0 Å². The summed E-state index contributed by atoms with van der Waals surface area (Å²) in [4.78, 5) is 24.5. The van der Waals surface area contributed by atoms with Gasteiger partial charge in [0, 0.05) is 0 Å². The van der Waals surface area contributed by atoms with Crippen LogP contribution in [0.15, 0.2) is 84.9 Å². The van der Waals surface area contributed by atoms with Gasteiger partial charge in [-0.1, -0.05) is 93.1 Å². The first kappa shape index (κ1) is 24.0. The number of rotatable bonds is 8. The molecule has 0 fully saturated rings. The zero-order valence-electron chi connectivity index (χ0n) is 19.9. The largest absolute Gasteiger partial charge is 0.478 e. The Labute approximate surface area is 205 Å². The monoisotopic (exact) mass is 464 g/mol. The average Bonchev–Trinajstić information content (AvgIpc) is 2.88. The molecule has 0 saturated heterocycles. The SMILES string of the molecule is CCCc1c(-c2ccccc2)cc(CC)c(-c2ccccc2C(=O)O)c1-c1ccccc1C(=O)O. The van der Waals surface area contributed by atoms with E-state index in [1.165, 1.54) is 0 Å². The van der Waals surface area contributed by atoms with E-state index in [2.05, 4.69) is 25.1 Å². The lowest BCUT2D eigenvalue weighted by Crippen LogP contribution is -2.08. The molecule has 0 saturated carbocycles. The zero-order valence-corrected chi connectivity index (χ0v) is 19.9. The number of hydrogen-bond acceptors (Lipinski definition) is 2. The number of benzene rings is 4. The fourth-order valence-electron chi connectivity index (χ4n) is 4.82. The molecule has 4 aromatic carbocycles. The Hall–Kier alpha value is -4.18. The first-order valence-corrected chi connectivity index (χ1v) is 11.9. The molecule has 4 heteroatoms. The summed E-state index contributed by atoms with van der Waals surface area (Å²) >= 11 is 0. The number of hydrogen-bond donors (Lipinski definition) is 2. The molecule has 0 amide bonds. The molecule has 35 heavy (non-hydrogen) atoms. The minimum atomic E-state index is -1.01. The van der Waals surface area contributed by atoms with Crippen molar-refractivity contribution >= 4 is 11.9 Å². The van der Waals surface area contributed by atoms with Gasteiger partial charge in [0.1, 0.15) is 0 Å². The van der Waals surface area contributed by atoms with Crippen molar-refractivity contribution in [2.45, 2.75) is 33.1 Å². The van der Waals surface area contributed by atoms with Gasteiger partial charge in [-0.05, 0) is 69.5 Å². The Morgan fingerprint density at radius 1 is 0.657 bits per heavy atom. The van der Waals surface area contributed by atoms with Crippen LogP contribution in [0.3, 0.4) is 0 Å². The highest BCUT2D eigenvalue weighted by Crippen LogP contribution is 2.45. The van der Waals surface area contributed by atoms with Crippen LogP contribution in [0.2, 0.25) is 0 Å². The second kappa shape index (κ2) is 10.4. The fraction of sp³-hybridized carbons (Fsp3) is 0.161. The minimum Gasteiger partial charge on any atom is -0.478 e. The lowest BCUT2D eigenvalue weighted by atomic mass is 9.79. The highest BCUT2D eigenvalue weighted by Gasteiger charge is 2.25. The van der Waals surface area contributed by atoms with Gasteiger partial charge in [0.15, 0.2) is 0 Å². The second-order valence-corrected chi connectivity index (χ2v) is 8.48. The van der Waals surface area contributed by atoms with Crippen molar-refractivity contribution in [1.29, 1.82) is 0 Å². The number of carboxylic acid groups (broad SMARTS) is 2. The quantitative estimate of drug-likeness (QED) is 0.282. The lowest BCUT2D eigenvalue weighted by molar-refractivity contribution is 0.0686. The number of aryl methyl sites for hydroxylation is 1. The van der Waals surface area contributed by atoms with Crippen LogP contribution in [-0.2, 0) is 12.8 Å². The summed E-state index contributed by atoms with van der Waals surface area (Å²) in [5, 5.41) is 20.1. The highest BCUT2D eigenvalue weighted by molar-refractivity contribution is 6.05. The molecule has 0 unspecified atom stereocenters. The van der Waals surface area contributed by atoms with Crippen LogP contribution in [-0.4, -0.2) is 22.2 Å². The van der Waals surface area contributed by atoms with E-state index in [0.717, 1.165) is 46.2 Å². The first-order valence-electron chi connectivity index (χ1n) is 11.9. The van der Waals surface area contributed by atoms with E-state index in [0.29, 0.717) is 17.5 Å². The van der Waals surface area contributed by atoms with Crippen molar-refractivity contribution in [2.24, 2.45) is 0 Å². The van der Waals surface area contributed by atoms with E-state index in [4.69, 9.17) is 0 Å². The molecule has 0 atom stereocenters. The predicted octanol–water partition coefficient (Wildman–Crippen LogP) is 7.60. The summed E-state index contributed by atoms with van der Waals surface area (Å²) in [7, 11) is 0. The maximum atomic E-state index is 12.3. The molecule has 0 aliphatic heterocycles. The van der Waals surface area contributed by atoms with Gasteiger partial charge in [0.2, 0.25) is 0 Å². The molecule has 0 bridgehead atoms. The van der Waals surface area contributed by atoms with Crippen LogP contribution in [0.4, 0.5) is 0 Å². The van der Waals surface area contributed by atoms with E-state index in [-0.39, 0.29) is 11.1 Å². The molecule has 0 aromatic heterocycles. The Bertz CT molecular complexity index is 1390. The molecule has 0 aliphatic carbocycles. The molecule has 0 spiro atoms. The molecule has 0 radical (unpaired) electrons. The van der Waals surface area contributed by atoms with Crippen molar-refractivity contribution in [2.75, 3.05) is 0 Å².